The fourth-order valence-electron chi connectivity index (χ4n) is 1.34. The Hall–Kier alpha value is -0.950. The molecule has 6 heteroatoms. The first-order valence-electron chi connectivity index (χ1n) is 6.52. The lowest BCUT2D eigenvalue weighted by Gasteiger charge is -2.23. The summed E-state index contributed by atoms with van der Waals surface area (Å²) in [5.41, 5.74) is 0. The molecule has 0 saturated heterocycles. The number of hydrogen-bond donors (Lipinski definition) is 5. The van der Waals surface area contributed by atoms with E-state index in [1.807, 2.05) is 0 Å². The Morgan fingerprint density at radius 1 is 1.22 bits per heavy atom. The first-order chi connectivity index (χ1) is 8.95. The van der Waals surface area contributed by atoms with Gasteiger partial charge in [0.15, 0.2) is 6.29 Å². The lowest BCUT2D eigenvalue weighted by atomic mass is 10.0. The van der Waals surface area contributed by atoms with Crippen LogP contribution in [-0.4, -0.2) is 56.2 Å². The minimum absolute atomic E-state index is 0.0300. The van der Waals surface area contributed by atoms with Gasteiger partial charge in [0.05, 0.1) is 0 Å². The van der Waals surface area contributed by atoms with Crippen LogP contribution in [0.3, 0.4) is 0 Å². The van der Waals surface area contributed by atoms with Gasteiger partial charge in [-0.1, -0.05) is 19.7 Å². The van der Waals surface area contributed by atoms with Gasteiger partial charge < -0.3 is 30.3 Å². The molecule has 0 bridgehead atoms. The van der Waals surface area contributed by atoms with E-state index in [1.165, 1.54) is 6.08 Å². The van der Waals surface area contributed by atoms with Crippen molar-refractivity contribution in [3.8, 4) is 0 Å². The predicted molar refractivity (Wildman–Crippen MR) is 64.9 cm³/mol. The van der Waals surface area contributed by atoms with Crippen molar-refractivity contribution >= 4 is 6.29 Å². The molecule has 0 aromatic rings. The highest BCUT2D eigenvalue weighted by Crippen LogP contribution is 2.12. The number of carbonyl (C=O) groups excluding carboxylic acids is 1. The molecule has 0 rings (SSSR count). The third-order valence-corrected chi connectivity index (χ3v) is 2.52. The van der Waals surface area contributed by atoms with Gasteiger partial charge in [-0.25, -0.2) is 0 Å². The summed E-state index contributed by atoms with van der Waals surface area (Å²) >= 11 is 0. The molecule has 18 heavy (non-hydrogen) atoms. The summed E-state index contributed by atoms with van der Waals surface area (Å²) in [6.07, 6.45) is -3.22. The Kier molecular flexibility index (Phi) is 7.59. The number of aliphatic hydroxyl groups is 5. The average Bonchev–Trinajstić information content (AvgIpc) is 2.43. The van der Waals surface area contributed by atoms with E-state index in [1.54, 1.807) is 0 Å². The quantitative estimate of drug-likeness (QED) is 0.220. The van der Waals surface area contributed by atoms with E-state index in [0.717, 1.165) is 19.3 Å². The summed E-state index contributed by atoms with van der Waals surface area (Å²) in [5, 5.41) is 46.7. The van der Waals surface area contributed by atoms with Crippen molar-refractivity contribution in [2.45, 2.75) is 57.0 Å². The molecule has 4 atom stereocenters. The fourth-order valence-corrected chi connectivity index (χ4v) is 1.34. The van der Waals surface area contributed by atoms with Crippen LogP contribution >= 0.6 is 0 Å². The maximum absolute atomic E-state index is 10.2. The number of rotatable bonds is 9. The molecule has 0 aliphatic heterocycles. The van der Waals surface area contributed by atoms with E-state index in [4.69, 9.17) is 6.48 Å². The maximum atomic E-state index is 10.2. The second kappa shape index (κ2) is 9.04. The Morgan fingerprint density at radius 2 is 1.89 bits per heavy atom. The average molecular weight is 263 g/mol. The summed E-state index contributed by atoms with van der Waals surface area (Å²) in [4.78, 5) is 10.2. The van der Waals surface area contributed by atoms with E-state index in [2.05, 4.69) is 0 Å². The van der Waals surface area contributed by atoms with Crippen LogP contribution in [0.2, 0.25) is 0 Å². The Bertz CT molecular complexity index is 283. The molecular weight excluding hydrogens is 240 g/mol. The smallest absolute Gasteiger partial charge is 0.151 e. The molecule has 6 nitrogen and oxygen atoms in total. The van der Waals surface area contributed by atoms with Gasteiger partial charge in [0, 0.05) is 1.37 Å². The highest BCUT2D eigenvalue weighted by Gasteiger charge is 2.32. The SMILES string of the molecule is [2H]CCCCCC=C(O)[C@@H](O)[C@@H](O)[C@H](O)[C@@H](O)C=O. The van der Waals surface area contributed by atoms with E-state index >= 15 is 0 Å². The molecule has 0 aromatic heterocycles. The number of aliphatic hydroxyl groups excluding tert-OH is 5. The van der Waals surface area contributed by atoms with Crippen LogP contribution in [0.5, 0.6) is 0 Å². The minimum Gasteiger partial charge on any atom is -0.510 e. The van der Waals surface area contributed by atoms with Gasteiger partial charge in [-0.2, -0.15) is 0 Å². The summed E-state index contributed by atoms with van der Waals surface area (Å²) in [6.45, 7) is 0.340. The van der Waals surface area contributed by atoms with Gasteiger partial charge in [0.25, 0.3) is 0 Å². The zero-order valence-corrected chi connectivity index (χ0v) is 10.1. The van der Waals surface area contributed by atoms with Crippen LogP contribution in [0.4, 0.5) is 0 Å². The van der Waals surface area contributed by atoms with Crippen molar-refractivity contribution in [3.05, 3.63) is 11.8 Å². The molecule has 0 radical (unpaired) electrons. The van der Waals surface area contributed by atoms with Crippen molar-refractivity contribution in [1.82, 2.24) is 0 Å². The summed E-state index contributed by atoms with van der Waals surface area (Å²) in [5.74, 6) is -0.518. The normalized spacial score (nSPS) is 19.8. The van der Waals surface area contributed by atoms with Crippen LogP contribution in [0, 0.1) is 0 Å². The Labute approximate surface area is 108 Å². The molecule has 106 valence electrons. The van der Waals surface area contributed by atoms with Crippen LogP contribution in [0.15, 0.2) is 11.8 Å². The number of aldehydes is 1. The largest absolute Gasteiger partial charge is 0.510 e. The van der Waals surface area contributed by atoms with E-state index in [9.17, 15) is 25.2 Å². The van der Waals surface area contributed by atoms with Gasteiger partial charge >= 0.3 is 0 Å². The van der Waals surface area contributed by atoms with Gasteiger partial charge in [0.2, 0.25) is 0 Å². The first-order valence-corrected chi connectivity index (χ1v) is 5.81. The molecule has 0 unspecified atom stereocenters. The van der Waals surface area contributed by atoms with Gasteiger partial charge in [-0.3, -0.25) is 0 Å². The number of unbranched alkanes of at least 4 members (excludes halogenated alkanes) is 3. The van der Waals surface area contributed by atoms with Crippen LogP contribution in [0.1, 0.15) is 34.0 Å². The van der Waals surface area contributed by atoms with E-state index in [-0.39, 0.29) is 6.29 Å². The van der Waals surface area contributed by atoms with Crippen LogP contribution in [0.25, 0.3) is 0 Å². The standard InChI is InChI=1S/C12H22O6/c1-2-3-4-5-6-8(14)10(16)12(18)11(17)9(15)7-13/h6-7,9-12,14-18H,2-5H2,1H3/t9-,10+,11+,12+/m0/s1/i1D. The van der Waals surface area contributed by atoms with Crippen molar-refractivity contribution in [2.75, 3.05) is 0 Å². The molecule has 0 spiro atoms. The zero-order valence-electron chi connectivity index (χ0n) is 11.1. The van der Waals surface area contributed by atoms with Gasteiger partial charge in [-0.05, 0) is 18.9 Å². The molecular formula is C12H22O6. The third-order valence-electron chi connectivity index (χ3n) is 2.52. The van der Waals surface area contributed by atoms with Gasteiger partial charge in [0.1, 0.15) is 30.2 Å². The predicted octanol–water partition coefficient (Wildman–Crippen LogP) is -0.349. The highest BCUT2D eigenvalue weighted by molar-refractivity contribution is 5.56. The molecule has 0 aromatic carbocycles. The molecule has 0 heterocycles. The first kappa shape index (κ1) is 15.1. The summed E-state index contributed by atoms with van der Waals surface area (Å²) < 4.78 is 6.93. The second-order valence-electron chi connectivity index (χ2n) is 4.03. The summed E-state index contributed by atoms with van der Waals surface area (Å²) in [7, 11) is 0. The van der Waals surface area contributed by atoms with Crippen LogP contribution < -0.4 is 0 Å². The van der Waals surface area contributed by atoms with Crippen molar-refractivity contribution in [1.29, 1.82) is 0 Å². The number of hydrogen-bond acceptors (Lipinski definition) is 6. The molecule has 0 aliphatic rings. The zero-order chi connectivity index (χ0) is 14.8. The van der Waals surface area contributed by atoms with Crippen molar-refractivity contribution < 1.29 is 31.7 Å². The number of carbonyl (C=O) groups is 1. The maximum Gasteiger partial charge on any atom is 0.151 e. The number of allylic oxidation sites excluding steroid dienone is 1. The molecule has 0 aliphatic carbocycles. The lowest BCUT2D eigenvalue weighted by Crippen LogP contribution is -2.45. The Balaban J connectivity index is 4.26. The van der Waals surface area contributed by atoms with Crippen molar-refractivity contribution in [2.24, 2.45) is 0 Å². The van der Waals surface area contributed by atoms with Crippen LogP contribution in [-0.2, 0) is 4.79 Å². The Morgan fingerprint density at radius 3 is 2.44 bits per heavy atom. The monoisotopic (exact) mass is 263 g/mol. The van der Waals surface area contributed by atoms with E-state index < -0.39 is 30.2 Å². The van der Waals surface area contributed by atoms with Gasteiger partial charge in [-0.15, -0.1) is 0 Å². The third kappa shape index (κ3) is 5.59. The molecule has 0 saturated carbocycles. The summed E-state index contributed by atoms with van der Waals surface area (Å²) in [6, 6.07) is 0. The van der Waals surface area contributed by atoms with Crippen molar-refractivity contribution in [3.63, 3.8) is 0 Å². The van der Waals surface area contributed by atoms with E-state index in [0.29, 0.717) is 13.3 Å². The molecule has 5 N–H and O–H groups in total. The topological polar surface area (TPSA) is 118 Å². The molecule has 0 fully saturated rings. The fraction of sp³-hybridized carbons (Fsp3) is 0.750. The molecule has 0 amide bonds. The highest BCUT2D eigenvalue weighted by atomic mass is 16.4. The second-order valence-corrected chi connectivity index (χ2v) is 4.03. The minimum atomic E-state index is -1.87. The lowest BCUT2D eigenvalue weighted by molar-refractivity contribution is -0.132.